The summed E-state index contributed by atoms with van der Waals surface area (Å²) in [5.74, 6) is -1.42. The molecule has 3 aliphatic rings. The van der Waals surface area contributed by atoms with Crippen LogP contribution in [0.25, 0.3) is 11.1 Å². The van der Waals surface area contributed by atoms with Crippen LogP contribution in [0, 0.1) is 17.8 Å². The SMILES string of the molecule is O=C(O)CNC(=O)C1C2CCC(C2)C1NC(=O)OCC1c2ccccc2-c2ccccc21. The zero-order valence-electron chi connectivity index (χ0n) is 17.6. The predicted molar refractivity (Wildman–Crippen MR) is 117 cm³/mol. The summed E-state index contributed by atoms with van der Waals surface area (Å²) in [7, 11) is 0. The summed E-state index contributed by atoms with van der Waals surface area (Å²) in [5, 5.41) is 14.3. The van der Waals surface area contributed by atoms with Crippen molar-refractivity contribution >= 4 is 18.0 Å². The third kappa shape index (κ3) is 3.61. The number of fused-ring (bicyclic) bond motifs is 5. The highest BCUT2D eigenvalue weighted by molar-refractivity contribution is 5.85. The number of aliphatic carboxylic acids is 1. The van der Waals surface area contributed by atoms with E-state index in [0.29, 0.717) is 0 Å². The number of nitrogens with one attached hydrogen (secondary N) is 2. The minimum Gasteiger partial charge on any atom is -0.480 e. The van der Waals surface area contributed by atoms with Gasteiger partial charge in [-0.2, -0.15) is 0 Å². The van der Waals surface area contributed by atoms with Gasteiger partial charge in [0.05, 0.1) is 5.92 Å². The zero-order valence-corrected chi connectivity index (χ0v) is 17.6. The van der Waals surface area contributed by atoms with E-state index in [4.69, 9.17) is 9.84 Å². The van der Waals surface area contributed by atoms with Crippen molar-refractivity contribution in [2.24, 2.45) is 17.8 Å². The first-order valence-electron chi connectivity index (χ1n) is 11.1. The molecule has 166 valence electrons. The molecule has 3 N–H and O–H groups in total. The third-order valence-electron chi connectivity index (χ3n) is 7.26. The number of carboxylic acids is 1. The van der Waals surface area contributed by atoms with Gasteiger partial charge in [0.15, 0.2) is 0 Å². The molecule has 2 bridgehead atoms. The van der Waals surface area contributed by atoms with Crippen LogP contribution in [0.5, 0.6) is 0 Å². The van der Waals surface area contributed by atoms with Gasteiger partial charge in [-0.25, -0.2) is 4.79 Å². The number of hydrogen-bond donors (Lipinski definition) is 3. The maximum atomic E-state index is 12.7. The molecule has 0 heterocycles. The molecular weight excluding hydrogens is 408 g/mol. The second kappa shape index (κ2) is 8.30. The summed E-state index contributed by atoms with van der Waals surface area (Å²) in [6.07, 6.45) is 2.24. The molecule has 32 heavy (non-hydrogen) atoms. The maximum absolute atomic E-state index is 12.7. The molecule has 4 unspecified atom stereocenters. The van der Waals surface area contributed by atoms with E-state index < -0.39 is 24.5 Å². The standard InChI is InChI=1S/C25H26N2O5/c28-21(29)12-26-24(30)22-14-9-10-15(11-14)23(22)27-25(31)32-13-20-18-7-3-1-5-16(18)17-6-2-4-8-19(17)20/h1-8,14-15,20,22-23H,9-13H2,(H,26,30)(H,27,31)(H,28,29). The molecule has 0 aromatic heterocycles. The molecule has 2 saturated carbocycles. The maximum Gasteiger partial charge on any atom is 0.407 e. The van der Waals surface area contributed by atoms with Gasteiger partial charge in [0, 0.05) is 12.0 Å². The first-order valence-corrected chi connectivity index (χ1v) is 11.1. The van der Waals surface area contributed by atoms with Crippen LogP contribution >= 0.6 is 0 Å². The van der Waals surface area contributed by atoms with Crippen molar-refractivity contribution in [3.63, 3.8) is 0 Å². The van der Waals surface area contributed by atoms with E-state index in [-0.39, 0.29) is 36.3 Å². The Morgan fingerprint density at radius 2 is 1.56 bits per heavy atom. The van der Waals surface area contributed by atoms with Gasteiger partial charge in [0.25, 0.3) is 0 Å². The van der Waals surface area contributed by atoms with Crippen LogP contribution in [-0.4, -0.2) is 42.3 Å². The fraction of sp³-hybridized carbons (Fsp3) is 0.400. The second-order valence-corrected chi connectivity index (χ2v) is 8.97. The number of ether oxygens (including phenoxy) is 1. The molecule has 2 amide bonds. The molecule has 7 heteroatoms. The highest BCUT2D eigenvalue weighted by Gasteiger charge is 2.51. The summed E-state index contributed by atoms with van der Waals surface area (Å²) in [6, 6.07) is 16.0. The molecular formula is C25H26N2O5. The molecule has 5 rings (SSSR count). The molecule has 2 aromatic carbocycles. The summed E-state index contributed by atoms with van der Waals surface area (Å²) in [6.45, 7) is -0.194. The van der Waals surface area contributed by atoms with Crippen LogP contribution in [0.4, 0.5) is 4.79 Å². The van der Waals surface area contributed by atoms with Crippen LogP contribution < -0.4 is 10.6 Å². The van der Waals surface area contributed by atoms with Crippen LogP contribution in [0.3, 0.4) is 0 Å². The first-order chi connectivity index (χ1) is 15.5. The van der Waals surface area contributed by atoms with Gasteiger partial charge in [-0.05, 0) is 53.4 Å². The molecule has 2 fully saturated rings. The quantitative estimate of drug-likeness (QED) is 0.648. The Morgan fingerprint density at radius 1 is 0.938 bits per heavy atom. The predicted octanol–water partition coefficient (Wildman–Crippen LogP) is 3.14. The van der Waals surface area contributed by atoms with E-state index in [1.54, 1.807) is 0 Å². The fourth-order valence-corrected chi connectivity index (χ4v) is 5.93. The molecule has 0 radical (unpaired) electrons. The Kier molecular flexibility index (Phi) is 5.33. The van der Waals surface area contributed by atoms with Gasteiger partial charge in [-0.3, -0.25) is 9.59 Å². The van der Waals surface area contributed by atoms with Gasteiger partial charge in [-0.15, -0.1) is 0 Å². The molecule has 4 atom stereocenters. The van der Waals surface area contributed by atoms with Crippen molar-refractivity contribution in [1.82, 2.24) is 10.6 Å². The number of carbonyl (C=O) groups is 3. The van der Waals surface area contributed by atoms with Crippen molar-refractivity contribution in [3.8, 4) is 11.1 Å². The van der Waals surface area contributed by atoms with E-state index >= 15 is 0 Å². The van der Waals surface area contributed by atoms with Crippen molar-refractivity contribution in [2.75, 3.05) is 13.2 Å². The largest absolute Gasteiger partial charge is 0.480 e. The third-order valence-corrected chi connectivity index (χ3v) is 7.26. The average molecular weight is 434 g/mol. The van der Waals surface area contributed by atoms with E-state index in [1.807, 2.05) is 24.3 Å². The van der Waals surface area contributed by atoms with Gasteiger partial charge in [-0.1, -0.05) is 48.5 Å². The molecule has 0 spiro atoms. The smallest absolute Gasteiger partial charge is 0.407 e. The Hall–Kier alpha value is -3.35. The lowest BCUT2D eigenvalue weighted by molar-refractivity contribution is -0.139. The van der Waals surface area contributed by atoms with Crippen LogP contribution in [0.1, 0.15) is 36.3 Å². The summed E-state index contributed by atoms with van der Waals surface area (Å²) in [4.78, 5) is 36.2. The van der Waals surface area contributed by atoms with Gasteiger partial charge in [0.2, 0.25) is 5.91 Å². The topological polar surface area (TPSA) is 105 Å². The van der Waals surface area contributed by atoms with Gasteiger partial charge in [0.1, 0.15) is 13.2 Å². The monoisotopic (exact) mass is 434 g/mol. The number of amides is 2. The van der Waals surface area contributed by atoms with Gasteiger partial charge >= 0.3 is 12.1 Å². The minimum atomic E-state index is -1.08. The second-order valence-electron chi connectivity index (χ2n) is 8.97. The number of benzene rings is 2. The van der Waals surface area contributed by atoms with Crippen LogP contribution in [-0.2, 0) is 14.3 Å². The lowest BCUT2D eigenvalue weighted by atomic mass is 9.84. The number of alkyl carbamates (subject to hydrolysis) is 1. The Bertz CT molecular complexity index is 1020. The van der Waals surface area contributed by atoms with Crippen molar-refractivity contribution < 1.29 is 24.2 Å². The lowest BCUT2D eigenvalue weighted by Gasteiger charge is -2.30. The summed E-state index contributed by atoms with van der Waals surface area (Å²) >= 11 is 0. The molecule has 2 aromatic rings. The van der Waals surface area contributed by atoms with E-state index in [1.165, 1.54) is 11.1 Å². The molecule has 3 aliphatic carbocycles. The highest BCUT2D eigenvalue weighted by Crippen LogP contribution is 2.49. The first kappa shape index (κ1) is 20.5. The van der Waals surface area contributed by atoms with Crippen LogP contribution in [0.2, 0.25) is 0 Å². The Labute approximate surface area is 186 Å². The normalized spacial score (nSPS) is 25.1. The Balaban J connectivity index is 1.25. The lowest BCUT2D eigenvalue weighted by Crippen LogP contribution is -2.50. The molecule has 7 nitrogen and oxygen atoms in total. The van der Waals surface area contributed by atoms with Crippen LogP contribution in [0.15, 0.2) is 48.5 Å². The minimum absolute atomic E-state index is 0.0251. The number of carboxylic acid groups (broad SMARTS) is 1. The van der Waals surface area contributed by atoms with Crippen molar-refractivity contribution in [1.29, 1.82) is 0 Å². The average Bonchev–Trinajstić information content (AvgIpc) is 3.48. The Morgan fingerprint density at radius 3 is 2.22 bits per heavy atom. The fourth-order valence-electron chi connectivity index (χ4n) is 5.93. The van der Waals surface area contributed by atoms with Gasteiger partial charge < -0.3 is 20.5 Å². The van der Waals surface area contributed by atoms with Crippen molar-refractivity contribution in [2.45, 2.75) is 31.2 Å². The highest BCUT2D eigenvalue weighted by atomic mass is 16.5. The molecule has 0 aliphatic heterocycles. The number of carbonyl (C=O) groups excluding carboxylic acids is 2. The molecule has 0 saturated heterocycles. The van der Waals surface area contributed by atoms with E-state index in [9.17, 15) is 14.4 Å². The summed E-state index contributed by atoms with van der Waals surface area (Å²) < 4.78 is 5.66. The number of hydrogen-bond acceptors (Lipinski definition) is 4. The number of rotatable bonds is 6. The van der Waals surface area contributed by atoms with E-state index in [0.717, 1.165) is 30.4 Å². The summed E-state index contributed by atoms with van der Waals surface area (Å²) in [5.41, 5.74) is 4.63. The zero-order chi connectivity index (χ0) is 22.2. The van der Waals surface area contributed by atoms with Crippen molar-refractivity contribution in [3.05, 3.63) is 59.7 Å². The van der Waals surface area contributed by atoms with E-state index in [2.05, 4.69) is 34.9 Å².